The predicted octanol–water partition coefficient (Wildman–Crippen LogP) is 6.35. The lowest BCUT2D eigenvalue weighted by atomic mass is 9.94. The first-order valence-electron chi connectivity index (χ1n) is 10.3. The molecule has 172 valence electrons. The maximum Gasteiger partial charge on any atom is 0.338 e. The third kappa shape index (κ3) is 4.86. The molecule has 0 unspecified atom stereocenters. The number of fused-ring (bicyclic) bond motifs is 1. The van der Waals surface area contributed by atoms with Crippen LogP contribution in [0.15, 0.2) is 64.3 Å². The number of nitrogens with zero attached hydrogens (tertiary/aromatic N) is 2. The second-order valence-corrected chi connectivity index (χ2v) is 8.98. The van der Waals surface area contributed by atoms with Crippen molar-refractivity contribution in [2.45, 2.75) is 26.5 Å². The van der Waals surface area contributed by atoms with Crippen molar-refractivity contribution >= 4 is 46.1 Å². The first-order valence-corrected chi connectivity index (χ1v) is 11.9. The molecule has 0 radical (unpaired) electrons. The topological polar surface area (TPSA) is 60.4 Å². The highest BCUT2D eigenvalue weighted by molar-refractivity contribution is 8.16. The Morgan fingerprint density at radius 3 is 2.73 bits per heavy atom. The van der Waals surface area contributed by atoms with Crippen LogP contribution in [0.3, 0.4) is 0 Å². The van der Waals surface area contributed by atoms with E-state index in [2.05, 4.69) is 4.99 Å². The molecular weight excluding hydrogens is 483 g/mol. The number of methoxy groups -OCH3 is 1. The highest BCUT2D eigenvalue weighted by Gasteiger charge is 2.37. The molecular formula is C24H22Cl2N2O4S. The van der Waals surface area contributed by atoms with Crippen molar-refractivity contribution in [2.75, 3.05) is 13.7 Å². The molecule has 1 atom stereocenters. The van der Waals surface area contributed by atoms with Crippen molar-refractivity contribution in [3.8, 4) is 11.5 Å². The number of rotatable bonds is 7. The summed E-state index contributed by atoms with van der Waals surface area (Å²) in [6.45, 7) is 4.15. The lowest BCUT2D eigenvalue weighted by Crippen LogP contribution is -2.34. The minimum absolute atomic E-state index is 0.254. The molecule has 0 fully saturated rings. The summed E-state index contributed by atoms with van der Waals surface area (Å²) in [5, 5.41) is 3.85. The second kappa shape index (κ2) is 10.1. The van der Waals surface area contributed by atoms with Crippen LogP contribution in [0.4, 0.5) is 0 Å². The van der Waals surface area contributed by atoms with Gasteiger partial charge in [0.1, 0.15) is 6.61 Å². The zero-order valence-corrected chi connectivity index (χ0v) is 20.6. The molecule has 6 nitrogen and oxygen atoms in total. The van der Waals surface area contributed by atoms with Crippen LogP contribution in [-0.4, -0.2) is 29.8 Å². The largest absolute Gasteiger partial charge is 0.493 e. The molecule has 0 aliphatic carbocycles. The minimum atomic E-state index is -0.392. The number of ether oxygens (including phenoxy) is 3. The summed E-state index contributed by atoms with van der Waals surface area (Å²) in [4.78, 5) is 19.4. The fourth-order valence-corrected chi connectivity index (χ4v) is 4.92. The number of esters is 1. The SMILES string of the molecule is CCOC(=O)C1=C(C)N=C2SC=CN2[C@H]1c1ccc(OCc2ccc(Cl)cc2Cl)c(OC)c1. The predicted molar refractivity (Wildman–Crippen MR) is 132 cm³/mol. The molecule has 2 aromatic carbocycles. The van der Waals surface area contributed by atoms with Crippen molar-refractivity contribution in [1.29, 1.82) is 0 Å². The van der Waals surface area contributed by atoms with Gasteiger partial charge in [-0.1, -0.05) is 47.1 Å². The zero-order valence-electron chi connectivity index (χ0n) is 18.3. The summed E-state index contributed by atoms with van der Waals surface area (Å²) in [7, 11) is 1.58. The lowest BCUT2D eigenvalue weighted by Gasteiger charge is -2.33. The molecule has 0 spiro atoms. The van der Waals surface area contributed by atoms with Gasteiger partial charge < -0.3 is 19.1 Å². The number of hydrogen-bond donors (Lipinski definition) is 0. The lowest BCUT2D eigenvalue weighted by molar-refractivity contribution is -0.139. The van der Waals surface area contributed by atoms with Crippen LogP contribution in [0.1, 0.15) is 31.0 Å². The summed E-state index contributed by atoms with van der Waals surface area (Å²) < 4.78 is 16.9. The van der Waals surface area contributed by atoms with Gasteiger partial charge >= 0.3 is 5.97 Å². The van der Waals surface area contributed by atoms with E-state index < -0.39 is 6.04 Å². The third-order valence-corrected chi connectivity index (χ3v) is 6.58. The Kier molecular flexibility index (Phi) is 7.22. The van der Waals surface area contributed by atoms with Crippen LogP contribution in [0, 0.1) is 0 Å². The van der Waals surface area contributed by atoms with E-state index in [0.29, 0.717) is 32.8 Å². The van der Waals surface area contributed by atoms with Gasteiger partial charge in [0.05, 0.1) is 31.0 Å². The van der Waals surface area contributed by atoms with Gasteiger partial charge in [-0.2, -0.15) is 0 Å². The van der Waals surface area contributed by atoms with Crippen molar-refractivity contribution < 1.29 is 19.0 Å². The number of benzene rings is 2. The minimum Gasteiger partial charge on any atom is -0.493 e. The second-order valence-electron chi connectivity index (χ2n) is 7.26. The average Bonchev–Trinajstić information content (AvgIpc) is 3.25. The van der Waals surface area contributed by atoms with E-state index in [4.69, 9.17) is 37.4 Å². The molecule has 2 aliphatic heterocycles. The van der Waals surface area contributed by atoms with Crippen LogP contribution in [0.5, 0.6) is 11.5 Å². The van der Waals surface area contributed by atoms with Gasteiger partial charge in [-0.05, 0) is 49.1 Å². The molecule has 0 N–H and O–H groups in total. The van der Waals surface area contributed by atoms with Gasteiger partial charge in [-0.15, -0.1) is 0 Å². The van der Waals surface area contributed by atoms with E-state index in [9.17, 15) is 4.79 Å². The zero-order chi connectivity index (χ0) is 23.5. The first kappa shape index (κ1) is 23.5. The molecule has 2 aromatic rings. The summed E-state index contributed by atoms with van der Waals surface area (Å²) >= 11 is 13.7. The van der Waals surface area contributed by atoms with Gasteiger partial charge in [0.15, 0.2) is 16.7 Å². The number of aliphatic imine (C=N–C) groups is 1. The highest BCUT2D eigenvalue weighted by Crippen LogP contribution is 2.43. The Morgan fingerprint density at radius 1 is 1.18 bits per heavy atom. The number of amidine groups is 1. The van der Waals surface area contributed by atoms with Crippen molar-refractivity contribution in [1.82, 2.24) is 4.90 Å². The Labute approximate surface area is 206 Å². The number of hydrogen-bond acceptors (Lipinski definition) is 7. The number of carbonyl (C=O) groups is 1. The molecule has 0 bridgehead atoms. The monoisotopic (exact) mass is 504 g/mol. The van der Waals surface area contributed by atoms with Gasteiger partial charge in [0.2, 0.25) is 0 Å². The quantitative estimate of drug-likeness (QED) is 0.409. The van der Waals surface area contributed by atoms with Gasteiger partial charge in [-0.3, -0.25) is 0 Å². The molecule has 9 heteroatoms. The summed E-state index contributed by atoms with van der Waals surface area (Å²) in [5.74, 6) is 0.713. The van der Waals surface area contributed by atoms with Crippen LogP contribution in [0.2, 0.25) is 10.0 Å². The Balaban J connectivity index is 1.66. The van der Waals surface area contributed by atoms with Gasteiger partial charge in [0.25, 0.3) is 0 Å². The summed E-state index contributed by atoms with van der Waals surface area (Å²) in [6, 6.07) is 10.5. The fourth-order valence-electron chi connectivity index (χ4n) is 3.67. The van der Waals surface area contributed by atoms with Crippen LogP contribution in [0.25, 0.3) is 0 Å². The molecule has 2 aliphatic rings. The van der Waals surface area contributed by atoms with E-state index >= 15 is 0 Å². The standard InChI is InChI=1S/C24H22Cl2N2O4S/c1-4-31-23(29)21-14(2)27-24-28(9-10-33-24)22(21)15-6-8-19(20(11-15)30-3)32-13-16-5-7-17(25)12-18(16)26/h5-12,22H,4,13H2,1-3H3/t22-/m0/s1. The fraction of sp³-hybridized carbons (Fsp3) is 0.250. The Hall–Kier alpha value is -2.61. The van der Waals surface area contributed by atoms with E-state index in [1.54, 1.807) is 26.2 Å². The maximum atomic E-state index is 12.8. The van der Waals surface area contributed by atoms with Gasteiger partial charge in [-0.25, -0.2) is 9.79 Å². The molecule has 33 heavy (non-hydrogen) atoms. The van der Waals surface area contributed by atoms with E-state index in [1.165, 1.54) is 11.8 Å². The van der Waals surface area contributed by atoms with Gasteiger partial charge in [0, 0.05) is 21.8 Å². The van der Waals surface area contributed by atoms with Crippen LogP contribution < -0.4 is 9.47 Å². The van der Waals surface area contributed by atoms with E-state index in [1.807, 2.05) is 47.7 Å². The summed E-state index contributed by atoms with van der Waals surface area (Å²) in [5.41, 5.74) is 2.79. The van der Waals surface area contributed by atoms with Crippen molar-refractivity contribution in [2.24, 2.45) is 4.99 Å². The van der Waals surface area contributed by atoms with Crippen LogP contribution >= 0.6 is 35.0 Å². The molecule has 0 saturated carbocycles. The number of carbonyl (C=O) groups excluding carboxylic acids is 1. The number of halogens is 2. The molecule has 4 rings (SSSR count). The Morgan fingerprint density at radius 2 is 2.00 bits per heavy atom. The van der Waals surface area contributed by atoms with Crippen LogP contribution in [-0.2, 0) is 16.1 Å². The number of allylic oxidation sites excluding steroid dienone is 1. The smallest absolute Gasteiger partial charge is 0.338 e. The highest BCUT2D eigenvalue weighted by atomic mass is 35.5. The van der Waals surface area contributed by atoms with E-state index in [0.717, 1.165) is 16.3 Å². The Bertz CT molecular complexity index is 1180. The molecule has 0 amide bonds. The molecule has 0 saturated heterocycles. The average molecular weight is 505 g/mol. The molecule has 2 heterocycles. The summed E-state index contributed by atoms with van der Waals surface area (Å²) in [6.07, 6.45) is 1.92. The van der Waals surface area contributed by atoms with E-state index in [-0.39, 0.29) is 19.2 Å². The third-order valence-electron chi connectivity index (χ3n) is 5.22. The maximum absolute atomic E-state index is 12.8. The van der Waals surface area contributed by atoms with Crippen molar-refractivity contribution in [3.05, 3.63) is 80.4 Å². The van der Waals surface area contributed by atoms with Crippen molar-refractivity contribution in [3.63, 3.8) is 0 Å². The molecule has 0 aromatic heterocycles. The normalized spacial score (nSPS) is 17.1. The number of thioether (sulfide) groups is 1. The first-order chi connectivity index (χ1) is 15.9.